The topological polar surface area (TPSA) is 15.3 Å². The van der Waals surface area contributed by atoms with Crippen molar-refractivity contribution in [2.45, 2.75) is 52.6 Å². The van der Waals surface area contributed by atoms with Crippen LogP contribution in [0.4, 0.5) is 0 Å². The molecule has 0 bridgehead atoms. The van der Waals surface area contributed by atoms with Gasteiger partial charge >= 0.3 is 0 Å². The summed E-state index contributed by atoms with van der Waals surface area (Å²) >= 11 is 0. The maximum Gasteiger partial charge on any atom is 0.0594 e. The van der Waals surface area contributed by atoms with Crippen molar-refractivity contribution in [2.75, 3.05) is 20.1 Å². The molecule has 0 rings (SSSR count). The third-order valence-electron chi connectivity index (χ3n) is 2.36. The van der Waals surface area contributed by atoms with Gasteiger partial charge in [0.05, 0.1) is 6.17 Å². The van der Waals surface area contributed by atoms with Crippen LogP contribution in [0.2, 0.25) is 0 Å². The summed E-state index contributed by atoms with van der Waals surface area (Å²) in [5, 5.41) is 3.40. The number of rotatable bonds is 8. The van der Waals surface area contributed by atoms with Crippen molar-refractivity contribution in [1.82, 2.24) is 10.2 Å². The molecule has 80 valence electrons. The summed E-state index contributed by atoms with van der Waals surface area (Å²) in [5.41, 5.74) is 0. The predicted octanol–water partition coefficient (Wildman–Crippen LogP) is 2.45. The molecule has 1 N–H and O–H groups in total. The zero-order valence-electron chi connectivity index (χ0n) is 9.77. The summed E-state index contributed by atoms with van der Waals surface area (Å²) < 4.78 is 0. The van der Waals surface area contributed by atoms with Gasteiger partial charge < -0.3 is 5.32 Å². The molecule has 2 heteroatoms. The van der Waals surface area contributed by atoms with E-state index in [1.807, 2.05) is 0 Å². The molecule has 0 aliphatic heterocycles. The van der Waals surface area contributed by atoms with Gasteiger partial charge in [0.15, 0.2) is 0 Å². The lowest BCUT2D eigenvalue weighted by atomic mass is 10.2. The molecule has 0 heterocycles. The highest BCUT2D eigenvalue weighted by atomic mass is 15.3. The molecule has 0 saturated heterocycles. The van der Waals surface area contributed by atoms with Crippen LogP contribution < -0.4 is 5.32 Å². The van der Waals surface area contributed by atoms with Gasteiger partial charge in [0.2, 0.25) is 0 Å². The van der Waals surface area contributed by atoms with E-state index in [1.165, 1.54) is 38.8 Å². The van der Waals surface area contributed by atoms with Crippen LogP contribution in [0.1, 0.15) is 46.5 Å². The lowest BCUT2D eigenvalue weighted by molar-refractivity contribution is 0.162. The molecule has 0 aliphatic carbocycles. The van der Waals surface area contributed by atoms with E-state index in [0.29, 0.717) is 6.17 Å². The van der Waals surface area contributed by atoms with Crippen LogP contribution >= 0.6 is 0 Å². The first-order valence-electron chi connectivity index (χ1n) is 5.71. The van der Waals surface area contributed by atoms with E-state index >= 15 is 0 Å². The molecular formula is C11H26N2. The summed E-state index contributed by atoms with van der Waals surface area (Å²) in [5.74, 6) is 0. The van der Waals surface area contributed by atoms with Crippen molar-refractivity contribution in [3.63, 3.8) is 0 Å². The summed E-state index contributed by atoms with van der Waals surface area (Å²) in [6.07, 6.45) is 5.61. The molecule has 1 atom stereocenters. The molecular weight excluding hydrogens is 160 g/mol. The Hall–Kier alpha value is -0.0800. The van der Waals surface area contributed by atoms with E-state index in [4.69, 9.17) is 0 Å². The van der Waals surface area contributed by atoms with E-state index in [1.54, 1.807) is 0 Å². The van der Waals surface area contributed by atoms with Crippen LogP contribution in [-0.2, 0) is 0 Å². The summed E-state index contributed by atoms with van der Waals surface area (Å²) in [6.45, 7) is 9.20. The second kappa shape index (κ2) is 8.52. The van der Waals surface area contributed by atoms with Gasteiger partial charge in [0, 0.05) is 0 Å². The first kappa shape index (κ1) is 12.9. The SMILES string of the molecule is CCCC(NC)N(CCC)CCC. The second-order valence-electron chi connectivity index (χ2n) is 3.63. The fourth-order valence-electron chi connectivity index (χ4n) is 1.78. The molecule has 0 radical (unpaired) electrons. The molecule has 0 amide bonds. The Morgan fingerprint density at radius 2 is 1.54 bits per heavy atom. The molecule has 13 heavy (non-hydrogen) atoms. The highest BCUT2D eigenvalue weighted by Gasteiger charge is 2.13. The number of hydrogen-bond donors (Lipinski definition) is 1. The minimum absolute atomic E-state index is 0.588. The van der Waals surface area contributed by atoms with Crippen molar-refractivity contribution in [3.05, 3.63) is 0 Å². The van der Waals surface area contributed by atoms with Gasteiger partial charge in [-0.05, 0) is 39.4 Å². The second-order valence-corrected chi connectivity index (χ2v) is 3.63. The van der Waals surface area contributed by atoms with Crippen LogP contribution in [0.5, 0.6) is 0 Å². The van der Waals surface area contributed by atoms with Crippen LogP contribution in [0, 0.1) is 0 Å². The van der Waals surface area contributed by atoms with Gasteiger partial charge in [0.1, 0.15) is 0 Å². The van der Waals surface area contributed by atoms with Crippen LogP contribution in [-0.4, -0.2) is 31.2 Å². The largest absolute Gasteiger partial charge is 0.305 e. The van der Waals surface area contributed by atoms with Gasteiger partial charge in [-0.3, -0.25) is 4.90 Å². The number of hydrogen-bond acceptors (Lipinski definition) is 2. The van der Waals surface area contributed by atoms with Crippen LogP contribution in [0.25, 0.3) is 0 Å². The van der Waals surface area contributed by atoms with Crippen molar-refractivity contribution in [2.24, 2.45) is 0 Å². The van der Waals surface area contributed by atoms with E-state index < -0.39 is 0 Å². The fraction of sp³-hybridized carbons (Fsp3) is 1.00. The Labute approximate surface area is 83.7 Å². The van der Waals surface area contributed by atoms with Crippen molar-refractivity contribution in [1.29, 1.82) is 0 Å². The summed E-state index contributed by atoms with van der Waals surface area (Å²) in [7, 11) is 2.07. The average Bonchev–Trinajstić information content (AvgIpc) is 2.14. The lowest BCUT2D eigenvalue weighted by Crippen LogP contribution is -2.44. The monoisotopic (exact) mass is 186 g/mol. The zero-order valence-corrected chi connectivity index (χ0v) is 9.77. The fourth-order valence-corrected chi connectivity index (χ4v) is 1.78. The molecule has 0 aromatic heterocycles. The van der Waals surface area contributed by atoms with E-state index in [9.17, 15) is 0 Å². The van der Waals surface area contributed by atoms with Gasteiger partial charge in [0.25, 0.3) is 0 Å². The van der Waals surface area contributed by atoms with Crippen molar-refractivity contribution >= 4 is 0 Å². The molecule has 0 aromatic carbocycles. The molecule has 2 nitrogen and oxygen atoms in total. The Morgan fingerprint density at radius 1 is 1.00 bits per heavy atom. The number of nitrogens with one attached hydrogen (secondary N) is 1. The van der Waals surface area contributed by atoms with Gasteiger partial charge in [-0.25, -0.2) is 0 Å². The third-order valence-corrected chi connectivity index (χ3v) is 2.36. The van der Waals surface area contributed by atoms with E-state index in [0.717, 1.165) is 0 Å². The Morgan fingerprint density at radius 3 is 1.85 bits per heavy atom. The highest BCUT2D eigenvalue weighted by Crippen LogP contribution is 2.05. The highest BCUT2D eigenvalue weighted by molar-refractivity contribution is 4.66. The Bertz CT molecular complexity index is 98.3. The predicted molar refractivity (Wildman–Crippen MR) is 59.9 cm³/mol. The minimum Gasteiger partial charge on any atom is -0.305 e. The molecule has 0 spiro atoms. The third kappa shape index (κ3) is 5.27. The molecule has 1 unspecified atom stereocenters. The van der Waals surface area contributed by atoms with E-state index in [2.05, 4.69) is 38.0 Å². The first-order chi connectivity index (χ1) is 6.29. The van der Waals surface area contributed by atoms with Crippen molar-refractivity contribution < 1.29 is 0 Å². The van der Waals surface area contributed by atoms with Gasteiger partial charge in [-0.15, -0.1) is 0 Å². The molecule has 0 fully saturated rings. The molecule has 0 aromatic rings. The standard InChI is InChI=1S/C11H26N2/c1-5-8-11(12-4)13(9-6-2)10-7-3/h11-12H,5-10H2,1-4H3. The Kier molecular flexibility index (Phi) is 8.46. The van der Waals surface area contributed by atoms with E-state index in [-0.39, 0.29) is 0 Å². The quantitative estimate of drug-likeness (QED) is 0.586. The normalized spacial score (nSPS) is 13.6. The first-order valence-corrected chi connectivity index (χ1v) is 5.71. The van der Waals surface area contributed by atoms with Crippen LogP contribution in [0.3, 0.4) is 0 Å². The minimum atomic E-state index is 0.588. The lowest BCUT2D eigenvalue weighted by Gasteiger charge is -2.30. The summed E-state index contributed by atoms with van der Waals surface area (Å²) in [4.78, 5) is 2.56. The smallest absolute Gasteiger partial charge is 0.0594 e. The van der Waals surface area contributed by atoms with Crippen LogP contribution in [0.15, 0.2) is 0 Å². The van der Waals surface area contributed by atoms with Gasteiger partial charge in [-0.2, -0.15) is 0 Å². The maximum absolute atomic E-state index is 3.40. The number of nitrogens with zero attached hydrogens (tertiary/aromatic N) is 1. The van der Waals surface area contributed by atoms with Crippen molar-refractivity contribution in [3.8, 4) is 0 Å². The average molecular weight is 186 g/mol. The van der Waals surface area contributed by atoms with Gasteiger partial charge in [-0.1, -0.05) is 27.2 Å². The molecule has 0 saturated carbocycles. The molecule has 0 aliphatic rings. The Balaban J connectivity index is 3.94. The zero-order chi connectivity index (χ0) is 10.1. The summed E-state index contributed by atoms with van der Waals surface area (Å²) in [6, 6.07) is 0. The maximum atomic E-state index is 3.40.